The number of rotatable bonds is 5. The molecule has 3 aromatic rings. The molecule has 1 fully saturated rings. The van der Waals surface area contributed by atoms with Crippen molar-refractivity contribution in [2.24, 2.45) is 0 Å². The van der Waals surface area contributed by atoms with Crippen molar-refractivity contribution in [2.75, 3.05) is 5.32 Å². The molecule has 2 aromatic carbocycles. The van der Waals surface area contributed by atoms with Gasteiger partial charge in [-0.2, -0.15) is 5.10 Å². The van der Waals surface area contributed by atoms with E-state index < -0.39 is 0 Å². The summed E-state index contributed by atoms with van der Waals surface area (Å²) in [5.74, 6) is -0.203. The first-order valence-corrected chi connectivity index (χ1v) is 9.88. The highest BCUT2D eigenvalue weighted by atomic mass is 16.3. The Labute approximate surface area is 172 Å². The summed E-state index contributed by atoms with van der Waals surface area (Å²) < 4.78 is 0. The van der Waals surface area contributed by atoms with Gasteiger partial charge in [0, 0.05) is 22.9 Å². The van der Waals surface area contributed by atoms with E-state index in [9.17, 15) is 19.5 Å². The second kappa shape index (κ2) is 8.36. The van der Waals surface area contributed by atoms with Crippen molar-refractivity contribution in [3.05, 3.63) is 64.1 Å². The lowest BCUT2D eigenvalue weighted by atomic mass is 9.82. The molecule has 1 aromatic heterocycles. The first-order chi connectivity index (χ1) is 14.6. The fraction of sp³-hybridized carbons (Fsp3) is 0.273. The van der Waals surface area contributed by atoms with Gasteiger partial charge in [-0.15, -0.1) is 0 Å². The Balaban J connectivity index is 1.41. The molecule has 4 rings (SSSR count). The minimum Gasteiger partial charge on any atom is -0.506 e. The van der Waals surface area contributed by atoms with Gasteiger partial charge in [0.15, 0.2) is 0 Å². The lowest BCUT2D eigenvalue weighted by Gasteiger charge is -2.29. The van der Waals surface area contributed by atoms with E-state index >= 15 is 0 Å². The second-order valence-electron chi connectivity index (χ2n) is 7.50. The maximum atomic E-state index is 12.5. The number of aromatic nitrogens is 2. The highest BCUT2D eigenvalue weighted by Gasteiger charge is 2.26. The zero-order valence-electron chi connectivity index (χ0n) is 16.2. The molecule has 1 saturated carbocycles. The molecule has 0 aliphatic heterocycles. The summed E-state index contributed by atoms with van der Waals surface area (Å²) in [6.07, 6.45) is 3.75. The quantitative estimate of drug-likeness (QED) is 0.383. The van der Waals surface area contributed by atoms with E-state index in [2.05, 4.69) is 20.8 Å². The number of aromatic amines is 1. The van der Waals surface area contributed by atoms with Crippen LogP contribution in [0.4, 0.5) is 5.69 Å². The molecule has 0 bridgehead atoms. The standard InChI is InChI=1S/C22H22N4O4/c27-12-23-18-10-7-14(11-19(18)28)21(29)24-15-8-5-13(6-9-15)20-16-3-1-2-4-17(16)22(30)26-25-20/h1-4,7,10-13,15,28H,5-6,8-9H2,(H,23,27)(H,24,29)(H,26,30)/t13-,15-. The molecule has 8 heteroatoms. The molecular weight excluding hydrogens is 384 g/mol. The maximum absolute atomic E-state index is 12.5. The number of amides is 2. The molecule has 0 saturated heterocycles. The van der Waals surface area contributed by atoms with Crippen LogP contribution in [0.25, 0.3) is 10.8 Å². The highest BCUT2D eigenvalue weighted by molar-refractivity contribution is 5.95. The van der Waals surface area contributed by atoms with Gasteiger partial charge in [0.2, 0.25) is 6.41 Å². The first-order valence-electron chi connectivity index (χ1n) is 9.88. The molecule has 8 nitrogen and oxygen atoms in total. The van der Waals surface area contributed by atoms with Crippen molar-refractivity contribution >= 4 is 28.8 Å². The van der Waals surface area contributed by atoms with E-state index in [1.165, 1.54) is 12.1 Å². The van der Waals surface area contributed by atoms with Gasteiger partial charge in [0.05, 0.1) is 16.8 Å². The molecule has 1 aliphatic carbocycles. The number of anilines is 1. The third-order valence-corrected chi connectivity index (χ3v) is 5.65. The van der Waals surface area contributed by atoms with Gasteiger partial charge in [0.1, 0.15) is 5.75 Å². The molecule has 1 aliphatic rings. The normalized spacial score (nSPS) is 18.7. The summed E-state index contributed by atoms with van der Waals surface area (Å²) in [5, 5.41) is 23.7. The molecule has 4 N–H and O–H groups in total. The van der Waals surface area contributed by atoms with Gasteiger partial charge < -0.3 is 15.7 Å². The number of carbonyl (C=O) groups is 2. The van der Waals surface area contributed by atoms with E-state index in [0.717, 1.165) is 36.8 Å². The van der Waals surface area contributed by atoms with Crippen LogP contribution in [-0.4, -0.2) is 33.7 Å². The summed E-state index contributed by atoms with van der Waals surface area (Å²) in [5.41, 5.74) is 1.30. The molecule has 0 radical (unpaired) electrons. The van der Waals surface area contributed by atoms with Crippen molar-refractivity contribution in [2.45, 2.75) is 37.6 Å². The molecule has 154 valence electrons. The maximum Gasteiger partial charge on any atom is 0.272 e. The van der Waals surface area contributed by atoms with Crippen LogP contribution in [0.2, 0.25) is 0 Å². The fourth-order valence-corrected chi connectivity index (χ4v) is 4.09. The predicted molar refractivity (Wildman–Crippen MR) is 113 cm³/mol. The zero-order valence-corrected chi connectivity index (χ0v) is 16.2. The van der Waals surface area contributed by atoms with E-state index in [0.29, 0.717) is 17.4 Å². The van der Waals surface area contributed by atoms with Crippen LogP contribution < -0.4 is 16.2 Å². The third-order valence-electron chi connectivity index (χ3n) is 5.65. The van der Waals surface area contributed by atoms with Gasteiger partial charge in [-0.25, -0.2) is 5.10 Å². The number of H-pyrrole nitrogens is 1. The Morgan fingerprint density at radius 3 is 2.53 bits per heavy atom. The lowest BCUT2D eigenvalue weighted by molar-refractivity contribution is -0.105. The van der Waals surface area contributed by atoms with Crippen molar-refractivity contribution in [1.82, 2.24) is 15.5 Å². The van der Waals surface area contributed by atoms with Crippen molar-refractivity contribution in [3.8, 4) is 5.75 Å². The average molecular weight is 406 g/mol. The van der Waals surface area contributed by atoms with Gasteiger partial charge in [0.25, 0.3) is 11.5 Å². The summed E-state index contributed by atoms with van der Waals surface area (Å²) in [6.45, 7) is 0. The first kappa shape index (κ1) is 19.6. The van der Waals surface area contributed by atoms with Crippen LogP contribution in [-0.2, 0) is 4.79 Å². The van der Waals surface area contributed by atoms with E-state index in [1.54, 1.807) is 12.1 Å². The Hall–Kier alpha value is -3.68. The minimum atomic E-state index is -0.265. The number of fused-ring (bicyclic) bond motifs is 1. The summed E-state index contributed by atoms with van der Waals surface area (Å²) in [7, 11) is 0. The molecular formula is C22H22N4O4. The molecule has 30 heavy (non-hydrogen) atoms. The number of phenols is 1. The number of nitrogens with zero attached hydrogens (tertiary/aromatic N) is 1. The molecule has 0 unspecified atom stereocenters. The number of benzene rings is 2. The largest absolute Gasteiger partial charge is 0.506 e. The monoisotopic (exact) mass is 406 g/mol. The Morgan fingerprint density at radius 1 is 1.10 bits per heavy atom. The fourth-order valence-electron chi connectivity index (χ4n) is 4.09. The predicted octanol–water partition coefficient (Wildman–Crippen LogP) is 2.65. The Bertz CT molecular complexity index is 1150. The zero-order chi connectivity index (χ0) is 21.1. The second-order valence-corrected chi connectivity index (χ2v) is 7.50. The highest BCUT2D eigenvalue weighted by Crippen LogP contribution is 2.34. The molecule has 2 amide bonds. The Morgan fingerprint density at radius 2 is 1.83 bits per heavy atom. The third kappa shape index (κ3) is 3.89. The molecule has 0 spiro atoms. The smallest absolute Gasteiger partial charge is 0.272 e. The number of phenolic OH excluding ortho intramolecular Hbond substituents is 1. The SMILES string of the molecule is O=CNc1ccc(C(=O)N[C@H]2CC[C@H](c3n[nH]c(=O)c4ccccc43)CC2)cc1O. The van der Waals surface area contributed by atoms with E-state index in [1.807, 2.05) is 18.2 Å². The summed E-state index contributed by atoms with van der Waals surface area (Å²) >= 11 is 0. The van der Waals surface area contributed by atoms with E-state index in [4.69, 9.17) is 0 Å². The van der Waals surface area contributed by atoms with Gasteiger partial charge in [-0.05, 0) is 49.9 Å². The molecule has 1 heterocycles. The van der Waals surface area contributed by atoms with Gasteiger partial charge in [-0.1, -0.05) is 18.2 Å². The molecule has 0 atom stereocenters. The summed E-state index contributed by atoms with van der Waals surface area (Å²) in [6, 6.07) is 11.9. The average Bonchev–Trinajstić information content (AvgIpc) is 2.76. The van der Waals surface area contributed by atoms with Crippen LogP contribution in [0.1, 0.15) is 47.7 Å². The van der Waals surface area contributed by atoms with E-state index in [-0.39, 0.29) is 34.9 Å². The van der Waals surface area contributed by atoms with Crippen molar-refractivity contribution in [1.29, 1.82) is 0 Å². The van der Waals surface area contributed by atoms with Crippen molar-refractivity contribution < 1.29 is 14.7 Å². The van der Waals surface area contributed by atoms with Crippen LogP contribution in [0.15, 0.2) is 47.3 Å². The number of hydrogen-bond acceptors (Lipinski definition) is 5. The van der Waals surface area contributed by atoms with Crippen molar-refractivity contribution in [3.63, 3.8) is 0 Å². The number of carbonyl (C=O) groups excluding carboxylic acids is 2. The summed E-state index contributed by atoms with van der Waals surface area (Å²) in [4.78, 5) is 35.0. The number of nitrogens with one attached hydrogen (secondary N) is 3. The van der Waals surface area contributed by atoms with Crippen LogP contribution >= 0.6 is 0 Å². The van der Waals surface area contributed by atoms with Gasteiger partial charge in [-0.3, -0.25) is 14.4 Å². The topological polar surface area (TPSA) is 124 Å². The number of hydrogen-bond donors (Lipinski definition) is 4. The van der Waals surface area contributed by atoms with Crippen LogP contribution in [0, 0.1) is 0 Å². The lowest BCUT2D eigenvalue weighted by Crippen LogP contribution is -2.37. The van der Waals surface area contributed by atoms with Crippen LogP contribution in [0.5, 0.6) is 5.75 Å². The minimum absolute atomic E-state index is 0.0256. The van der Waals surface area contributed by atoms with Crippen LogP contribution in [0.3, 0.4) is 0 Å². The Kier molecular flexibility index (Phi) is 5.47. The van der Waals surface area contributed by atoms with Gasteiger partial charge >= 0.3 is 0 Å². The number of aromatic hydroxyl groups is 1.